The maximum absolute atomic E-state index is 15.3. The molecule has 2 aromatic carbocycles. The van der Waals surface area contributed by atoms with Crippen LogP contribution in [0.1, 0.15) is 17.4 Å². The minimum Gasteiger partial charge on any atom is -0.493 e. The van der Waals surface area contributed by atoms with Gasteiger partial charge in [0.25, 0.3) is 0 Å². The standard InChI is InChI=1S/C20H20FNO4/c1-23-15-6-5-13(10-16(15)24-2)19(21)20-14-11-18(26-4)17(25-3)9-12(14)7-8-22-20/h5-11,19H,1-4H3. The van der Waals surface area contributed by atoms with Gasteiger partial charge < -0.3 is 18.9 Å². The molecule has 0 saturated heterocycles. The highest BCUT2D eigenvalue weighted by molar-refractivity contribution is 5.88. The molecular formula is C20H20FNO4. The van der Waals surface area contributed by atoms with Gasteiger partial charge in [0, 0.05) is 11.6 Å². The van der Waals surface area contributed by atoms with Crippen molar-refractivity contribution in [1.29, 1.82) is 0 Å². The molecule has 0 saturated carbocycles. The van der Waals surface area contributed by atoms with Crippen LogP contribution in [0, 0.1) is 0 Å². The number of benzene rings is 2. The first-order valence-electron chi connectivity index (χ1n) is 7.99. The molecule has 0 spiro atoms. The first kappa shape index (κ1) is 17.8. The molecule has 5 nitrogen and oxygen atoms in total. The van der Waals surface area contributed by atoms with Crippen molar-refractivity contribution in [1.82, 2.24) is 4.98 Å². The number of ether oxygens (including phenoxy) is 4. The topological polar surface area (TPSA) is 49.8 Å². The highest BCUT2D eigenvalue weighted by Crippen LogP contribution is 2.38. The predicted molar refractivity (Wildman–Crippen MR) is 97.3 cm³/mol. The van der Waals surface area contributed by atoms with Crippen LogP contribution in [0.5, 0.6) is 23.0 Å². The lowest BCUT2D eigenvalue weighted by molar-refractivity contribution is 0.350. The predicted octanol–water partition coefficient (Wildman–Crippen LogP) is 4.33. The molecule has 1 heterocycles. The van der Waals surface area contributed by atoms with Crippen LogP contribution in [-0.2, 0) is 0 Å². The third-order valence-corrected chi connectivity index (χ3v) is 4.24. The van der Waals surface area contributed by atoms with Crippen LogP contribution in [0.3, 0.4) is 0 Å². The van der Waals surface area contributed by atoms with Crippen LogP contribution in [0.4, 0.5) is 4.39 Å². The maximum atomic E-state index is 15.3. The Morgan fingerprint density at radius 3 is 2.04 bits per heavy atom. The van der Waals surface area contributed by atoms with Gasteiger partial charge in [0.1, 0.15) is 0 Å². The van der Waals surface area contributed by atoms with Crippen LogP contribution >= 0.6 is 0 Å². The summed E-state index contributed by atoms with van der Waals surface area (Å²) in [6.45, 7) is 0. The van der Waals surface area contributed by atoms with Gasteiger partial charge in [-0.3, -0.25) is 4.98 Å². The van der Waals surface area contributed by atoms with E-state index in [-0.39, 0.29) is 0 Å². The van der Waals surface area contributed by atoms with Gasteiger partial charge in [-0.15, -0.1) is 0 Å². The molecule has 0 bridgehead atoms. The molecule has 0 aliphatic heterocycles. The number of hydrogen-bond acceptors (Lipinski definition) is 5. The number of halogens is 1. The Morgan fingerprint density at radius 2 is 1.38 bits per heavy atom. The molecule has 1 unspecified atom stereocenters. The number of aromatic nitrogens is 1. The monoisotopic (exact) mass is 357 g/mol. The van der Waals surface area contributed by atoms with Crippen LogP contribution in [0.25, 0.3) is 10.8 Å². The molecule has 0 aliphatic carbocycles. The van der Waals surface area contributed by atoms with E-state index in [2.05, 4.69) is 4.98 Å². The van der Waals surface area contributed by atoms with Crippen molar-refractivity contribution in [2.75, 3.05) is 28.4 Å². The summed E-state index contributed by atoms with van der Waals surface area (Å²) in [6, 6.07) is 10.3. The highest BCUT2D eigenvalue weighted by Gasteiger charge is 2.20. The summed E-state index contributed by atoms with van der Waals surface area (Å²) in [5.41, 5.74) is 0.730. The van der Waals surface area contributed by atoms with Crippen molar-refractivity contribution in [3.8, 4) is 23.0 Å². The van der Waals surface area contributed by atoms with Gasteiger partial charge in [-0.05, 0) is 41.3 Å². The average molecular weight is 357 g/mol. The number of fused-ring (bicyclic) bond motifs is 1. The lowest BCUT2D eigenvalue weighted by Gasteiger charge is -2.15. The van der Waals surface area contributed by atoms with Gasteiger partial charge in [0.15, 0.2) is 29.2 Å². The van der Waals surface area contributed by atoms with Crippen molar-refractivity contribution in [3.05, 3.63) is 53.9 Å². The first-order valence-corrected chi connectivity index (χ1v) is 7.99. The zero-order valence-electron chi connectivity index (χ0n) is 15.1. The molecule has 0 amide bonds. The fourth-order valence-corrected chi connectivity index (χ4v) is 2.89. The Hall–Kier alpha value is -3.02. The van der Waals surface area contributed by atoms with Crippen molar-refractivity contribution in [3.63, 3.8) is 0 Å². The Balaban J connectivity index is 2.12. The highest BCUT2D eigenvalue weighted by atomic mass is 19.1. The second-order valence-electron chi connectivity index (χ2n) is 5.60. The number of nitrogens with zero attached hydrogens (tertiary/aromatic N) is 1. The number of alkyl halides is 1. The van der Waals surface area contributed by atoms with E-state index >= 15 is 4.39 Å². The minimum atomic E-state index is -1.43. The Kier molecular flexibility index (Phi) is 5.11. The van der Waals surface area contributed by atoms with E-state index in [0.717, 1.165) is 5.39 Å². The minimum absolute atomic E-state index is 0.302. The summed E-state index contributed by atoms with van der Waals surface area (Å²) < 4.78 is 36.5. The summed E-state index contributed by atoms with van der Waals surface area (Å²) in [5, 5.41) is 1.48. The van der Waals surface area contributed by atoms with E-state index in [1.807, 2.05) is 6.07 Å². The lowest BCUT2D eigenvalue weighted by Crippen LogP contribution is -2.01. The number of hydrogen-bond donors (Lipinski definition) is 0. The quantitative estimate of drug-likeness (QED) is 0.657. The van der Waals surface area contributed by atoms with Crippen LogP contribution < -0.4 is 18.9 Å². The van der Waals surface area contributed by atoms with Gasteiger partial charge >= 0.3 is 0 Å². The smallest absolute Gasteiger partial charge is 0.168 e. The molecule has 0 N–H and O–H groups in total. The molecular weight excluding hydrogens is 337 g/mol. The molecule has 6 heteroatoms. The third kappa shape index (κ3) is 3.10. The van der Waals surface area contributed by atoms with Crippen LogP contribution in [0.15, 0.2) is 42.6 Å². The SMILES string of the molecule is COc1ccc(C(F)c2nccc3cc(OC)c(OC)cc23)cc1OC. The Bertz CT molecular complexity index is 929. The van der Waals surface area contributed by atoms with Gasteiger partial charge in [-0.25, -0.2) is 4.39 Å². The van der Waals surface area contributed by atoms with E-state index in [9.17, 15) is 0 Å². The zero-order valence-corrected chi connectivity index (χ0v) is 15.1. The molecule has 0 radical (unpaired) electrons. The molecule has 3 aromatic rings. The molecule has 3 rings (SSSR count). The molecule has 1 aromatic heterocycles. The van der Waals surface area contributed by atoms with E-state index in [1.165, 1.54) is 14.2 Å². The van der Waals surface area contributed by atoms with Crippen molar-refractivity contribution in [2.24, 2.45) is 0 Å². The summed E-state index contributed by atoms with van der Waals surface area (Å²) in [6.07, 6.45) is 0.147. The number of rotatable bonds is 6. The summed E-state index contributed by atoms with van der Waals surface area (Å²) in [7, 11) is 6.16. The molecule has 26 heavy (non-hydrogen) atoms. The van der Waals surface area contributed by atoms with Crippen molar-refractivity contribution < 1.29 is 23.3 Å². The summed E-state index contributed by atoms with van der Waals surface area (Å²) in [4.78, 5) is 4.27. The average Bonchev–Trinajstić information content (AvgIpc) is 2.70. The Labute approximate surface area is 151 Å². The van der Waals surface area contributed by atoms with Crippen molar-refractivity contribution >= 4 is 10.8 Å². The second kappa shape index (κ2) is 7.47. The van der Waals surface area contributed by atoms with Crippen LogP contribution in [0.2, 0.25) is 0 Å². The van der Waals surface area contributed by atoms with Gasteiger partial charge in [-0.2, -0.15) is 0 Å². The van der Waals surface area contributed by atoms with Crippen LogP contribution in [-0.4, -0.2) is 33.4 Å². The van der Waals surface area contributed by atoms with E-state index in [1.54, 1.807) is 50.7 Å². The molecule has 1 atom stereocenters. The number of methoxy groups -OCH3 is 4. The maximum Gasteiger partial charge on any atom is 0.168 e. The molecule has 136 valence electrons. The molecule has 0 fully saturated rings. The normalized spacial score (nSPS) is 11.9. The fourth-order valence-electron chi connectivity index (χ4n) is 2.89. The summed E-state index contributed by atoms with van der Waals surface area (Å²) >= 11 is 0. The van der Waals surface area contributed by atoms with Gasteiger partial charge in [0.05, 0.1) is 34.1 Å². The third-order valence-electron chi connectivity index (χ3n) is 4.24. The Morgan fingerprint density at radius 1 is 0.769 bits per heavy atom. The van der Waals surface area contributed by atoms with Gasteiger partial charge in [-0.1, -0.05) is 6.07 Å². The number of pyridine rings is 1. The lowest BCUT2D eigenvalue weighted by atomic mass is 10.0. The zero-order chi connectivity index (χ0) is 18.7. The largest absolute Gasteiger partial charge is 0.493 e. The van der Waals surface area contributed by atoms with E-state index in [0.29, 0.717) is 39.6 Å². The van der Waals surface area contributed by atoms with E-state index in [4.69, 9.17) is 18.9 Å². The second-order valence-corrected chi connectivity index (χ2v) is 5.60. The summed E-state index contributed by atoms with van der Waals surface area (Å²) in [5.74, 6) is 2.11. The fraction of sp³-hybridized carbons (Fsp3) is 0.250. The molecule has 0 aliphatic rings. The first-order chi connectivity index (χ1) is 12.6. The van der Waals surface area contributed by atoms with Crippen molar-refractivity contribution in [2.45, 2.75) is 6.17 Å². The van der Waals surface area contributed by atoms with Gasteiger partial charge in [0.2, 0.25) is 0 Å². The van der Waals surface area contributed by atoms with E-state index < -0.39 is 6.17 Å².